The number of nitrogens with zero attached hydrogens (tertiary/aromatic N) is 1. The van der Waals surface area contributed by atoms with E-state index < -0.39 is 5.60 Å². The van der Waals surface area contributed by atoms with E-state index in [1.54, 1.807) is 5.57 Å². The molecule has 3 saturated carbocycles. The van der Waals surface area contributed by atoms with Crippen molar-refractivity contribution in [1.29, 1.82) is 0 Å². The van der Waals surface area contributed by atoms with Gasteiger partial charge in [-0.2, -0.15) is 0 Å². The summed E-state index contributed by atoms with van der Waals surface area (Å²) in [5.41, 5.74) is 7.33. The van der Waals surface area contributed by atoms with E-state index in [0.29, 0.717) is 37.9 Å². The minimum Gasteiger partial charge on any atom is -0.444 e. The SMILES string of the molecule is CC(C)CCC[C@@H](C)C1CCC2C3CC=C4C[C@@H](N(CCCNC(=O)CCN)C(=O)OC(C)(C)C)CCC4(C)C3CCC21C. The number of carbonyl (C=O) groups is 2. The van der Waals surface area contributed by atoms with Crippen LogP contribution in [0.3, 0.4) is 0 Å². The first-order valence-corrected chi connectivity index (χ1v) is 18.4. The summed E-state index contributed by atoms with van der Waals surface area (Å²) in [6, 6.07) is 0.150. The van der Waals surface area contributed by atoms with Crippen molar-refractivity contribution >= 4 is 12.0 Å². The molecule has 4 aliphatic rings. The Labute approximate surface area is 270 Å². The molecule has 6 unspecified atom stereocenters. The average Bonchev–Trinajstić information content (AvgIpc) is 3.29. The second kappa shape index (κ2) is 14.5. The van der Waals surface area contributed by atoms with Crippen LogP contribution in [0.4, 0.5) is 4.79 Å². The van der Waals surface area contributed by atoms with Gasteiger partial charge in [-0.25, -0.2) is 4.79 Å². The van der Waals surface area contributed by atoms with Gasteiger partial charge < -0.3 is 20.7 Å². The number of hydrogen-bond acceptors (Lipinski definition) is 4. The first kappa shape index (κ1) is 35.3. The van der Waals surface area contributed by atoms with E-state index in [-0.39, 0.29) is 23.5 Å². The number of nitrogens with two attached hydrogens (primary N) is 1. The third-order valence-electron chi connectivity index (χ3n) is 12.6. The lowest BCUT2D eigenvalue weighted by Gasteiger charge is -2.59. The van der Waals surface area contributed by atoms with E-state index in [2.05, 4.69) is 46.0 Å². The van der Waals surface area contributed by atoms with E-state index in [1.165, 1.54) is 51.4 Å². The predicted molar refractivity (Wildman–Crippen MR) is 181 cm³/mol. The Morgan fingerprint density at radius 2 is 1.80 bits per heavy atom. The van der Waals surface area contributed by atoms with Crippen LogP contribution in [0, 0.1) is 46.3 Å². The van der Waals surface area contributed by atoms with Gasteiger partial charge in [-0.05, 0) is 125 Å². The Kier molecular flexibility index (Phi) is 11.6. The Morgan fingerprint density at radius 1 is 1.05 bits per heavy atom. The Balaban J connectivity index is 1.44. The summed E-state index contributed by atoms with van der Waals surface area (Å²) in [6.07, 6.45) is 17.6. The summed E-state index contributed by atoms with van der Waals surface area (Å²) in [5.74, 6) is 4.96. The first-order valence-electron chi connectivity index (χ1n) is 18.4. The molecule has 0 saturated heterocycles. The summed E-state index contributed by atoms with van der Waals surface area (Å²) in [7, 11) is 0. The highest BCUT2D eigenvalue weighted by molar-refractivity contribution is 5.76. The van der Waals surface area contributed by atoms with Crippen LogP contribution in [0.2, 0.25) is 0 Å². The average molecular weight is 614 g/mol. The van der Waals surface area contributed by atoms with E-state index in [9.17, 15) is 9.59 Å². The molecule has 44 heavy (non-hydrogen) atoms. The van der Waals surface area contributed by atoms with Gasteiger partial charge in [-0.15, -0.1) is 0 Å². The van der Waals surface area contributed by atoms with Gasteiger partial charge in [-0.3, -0.25) is 4.79 Å². The highest BCUT2D eigenvalue weighted by Gasteiger charge is 2.59. The molecule has 3 N–H and O–H groups in total. The zero-order valence-corrected chi connectivity index (χ0v) is 29.7. The van der Waals surface area contributed by atoms with E-state index >= 15 is 0 Å². The lowest BCUT2D eigenvalue weighted by molar-refractivity contribution is -0.120. The summed E-state index contributed by atoms with van der Waals surface area (Å²) in [6.45, 7) is 19.8. The number of carbonyl (C=O) groups excluding carboxylic acids is 2. The molecule has 0 bridgehead atoms. The molecule has 3 fully saturated rings. The number of amides is 2. The highest BCUT2D eigenvalue weighted by atomic mass is 16.6. The third kappa shape index (κ3) is 7.86. The van der Waals surface area contributed by atoms with Crippen LogP contribution in [-0.2, 0) is 9.53 Å². The molecule has 0 aromatic heterocycles. The Hall–Kier alpha value is -1.56. The molecule has 4 rings (SSSR count). The van der Waals surface area contributed by atoms with Gasteiger partial charge in [0.15, 0.2) is 0 Å². The van der Waals surface area contributed by atoms with Crippen molar-refractivity contribution in [3.05, 3.63) is 11.6 Å². The van der Waals surface area contributed by atoms with Gasteiger partial charge >= 0.3 is 6.09 Å². The molecular formula is C38H67N3O3. The second-order valence-electron chi connectivity index (χ2n) is 17.1. The van der Waals surface area contributed by atoms with Crippen molar-refractivity contribution in [2.45, 2.75) is 151 Å². The molecule has 0 aromatic rings. The van der Waals surface area contributed by atoms with Crippen molar-refractivity contribution < 1.29 is 14.3 Å². The van der Waals surface area contributed by atoms with Gasteiger partial charge in [0.1, 0.15) is 5.60 Å². The van der Waals surface area contributed by atoms with Crippen molar-refractivity contribution in [3.8, 4) is 0 Å². The topological polar surface area (TPSA) is 84.7 Å². The lowest BCUT2D eigenvalue weighted by Crippen LogP contribution is -2.53. The minimum atomic E-state index is -0.537. The summed E-state index contributed by atoms with van der Waals surface area (Å²) in [4.78, 5) is 27.4. The quantitative estimate of drug-likeness (QED) is 0.171. The summed E-state index contributed by atoms with van der Waals surface area (Å²) in [5, 5.41) is 2.95. The molecule has 0 aromatic carbocycles. The second-order valence-corrected chi connectivity index (χ2v) is 17.1. The van der Waals surface area contributed by atoms with Crippen LogP contribution in [0.1, 0.15) is 139 Å². The number of ether oxygens (including phenoxy) is 1. The van der Waals surface area contributed by atoms with Crippen LogP contribution in [0.5, 0.6) is 0 Å². The zero-order chi connectivity index (χ0) is 32.3. The van der Waals surface area contributed by atoms with Crippen LogP contribution in [-0.4, -0.2) is 48.2 Å². The first-order chi connectivity index (χ1) is 20.7. The monoisotopic (exact) mass is 614 g/mol. The fourth-order valence-corrected chi connectivity index (χ4v) is 10.4. The molecule has 8 atom stereocenters. The molecular weight excluding hydrogens is 546 g/mol. The van der Waals surface area contributed by atoms with Crippen LogP contribution < -0.4 is 11.1 Å². The van der Waals surface area contributed by atoms with Gasteiger partial charge in [0, 0.05) is 32.1 Å². The molecule has 252 valence electrons. The van der Waals surface area contributed by atoms with Crippen molar-refractivity contribution in [1.82, 2.24) is 10.2 Å². The van der Waals surface area contributed by atoms with E-state index in [4.69, 9.17) is 10.5 Å². The third-order valence-corrected chi connectivity index (χ3v) is 12.6. The maximum atomic E-state index is 13.5. The van der Waals surface area contributed by atoms with Crippen LogP contribution in [0.15, 0.2) is 11.6 Å². The highest BCUT2D eigenvalue weighted by Crippen LogP contribution is 2.67. The normalized spacial score (nSPS) is 34.0. The van der Waals surface area contributed by atoms with E-state index in [0.717, 1.165) is 54.8 Å². The molecule has 2 amide bonds. The smallest absolute Gasteiger partial charge is 0.410 e. The number of nitrogens with one attached hydrogen (secondary N) is 1. The standard InChI is InChI=1S/C38H67N3O3/c1-26(2)11-9-12-27(3)31-15-16-32-30-14-13-28-25-29(17-20-37(28,7)33(30)18-21-38(31,32)8)41(35(43)44-36(4,5)6)24-10-23-40-34(42)19-22-39/h13,26-27,29-33H,9-12,14-25,39H2,1-8H3,(H,40,42)/t27-,29+,30?,31?,32?,33?,37?,38?/m1/s1. The molecule has 0 aliphatic heterocycles. The number of fused-ring (bicyclic) bond motifs is 5. The fourth-order valence-electron chi connectivity index (χ4n) is 10.4. The van der Waals surface area contributed by atoms with Gasteiger partial charge in [-0.1, -0.05) is 65.5 Å². The largest absolute Gasteiger partial charge is 0.444 e. The lowest BCUT2D eigenvalue weighted by atomic mass is 9.46. The van der Waals surface area contributed by atoms with Gasteiger partial charge in [0.2, 0.25) is 5.91 Å². The maximum absolute atomic E-state index is 13.5. The summed E-state index contributed by atoms with van der Waals surface area (Å²) >= 11 is 0. The molecule has 4 aliphatic carbocycles. The molecule has 6 nitrogen and oxygen atoms in total. The van der Waals surface area contributed by atoms with Crippen molar-refractivity contribution in [2.24, 2.45) is 52.1 Å². The predicted octanol–water partition coefficient (Wildman–Crippen LogP) is 8.49. The number of rotatable bonds is 12. The Morgan fingerprint density at radius 3 is 2.48 bits per heavy atom. The summed E-state index contributed by atoms with van der Waals surface area (Å²) < 4.78 is 5.90. The number of hydrogen-bond donors (Lipinski definition) is 2. The molecule has 0 spiro atoms. The van der Waals surface area contributed by atoms with Crippen molar-refractivity contribution in [2.75, 3.05) is 19.6 Å². The van der Waals surface area contributed by atoms with Crippen LogP contribution >= 0.6 is 0 Å². The number of allylic oxidation sites excluding steroid dienone is 1. The molecule has 0 radical (unpaired) electrons. The van der Waals surface area contributed by atoms with E-state index in [1.807, 2.05) is 25.7 Å². The Bertz CT molecular complexity index is 1020. The van der Waals surface area contributed by atoms with Crippen molar-refractivity contribution in [3.63, 3.8) is 0 Å². The zero-order valence-electron chi connectivity index (χ0n) is 29.7. The molecule has 6 heteroatoms. The van der Waals surface area contributed by atoms with Gasteiger partial charge in [0.25, 0.3) is 0 Å². The maximum Gasteiger partial charge on any atom is 0.410 e. The molecule has 0 heterocycles. The minimum absolute atomic E-state index is 0.0237. The fraction of sp³-hybridized carbons (Fsp3) is 0.895. The van der Waals surface area contributed by atoms with Crippen LogP contribution in [0.25, 0.3) is 0 Å². The van der Waals surface area contributed by atoms with Gasteiger partial charge in [0.05, 0.1) is 0 Å².